The number of nitrogens with one attached hydrogen (secondary N) is 1. The van der Waals surface area contributed by atoms with Crippen molar-refractivity contribution in [3.05, 3.63) is 32.6 Å². The van der Waals surface area contributed by atoms with Crippen LogP contribution in [0.3, 0.4) is 0 Å². The van der Waals surface area contributed by atoms with Crippen LogP contribution in [0.4, 0.5) is 0 Å². The first-order chi connectivity index (χ1) is 14.2. The van der Waals surface area contributed by atoms with Crippen molar-refractivity contribution in [1.29, 1.82) is 5.26 Å². The molecule has 168 valence electrons. The van der Waals surface area contributed by atoms with E-state index in [9.17, 15) is 9.59 Å². The van der Waals surface area contributed by atoms with Crippen LogP contribution in [0.25, 0.3) is 0 Å². The molecule has 1 aromatic rings. The fourth-order valence-corrected chi connectivity index (χ4v) is 5.31. The number of H-pyrrole nitrogens is 1. The van der Waals surface area contributed by atoms with E-state index in [0.29, 0.717) is 31.4 Å². The minimum Gasteiger partial charge on any atom is -0.352 e. The van der Waals surface area contributed by atoms with Crippen molar-refractivity contribution >= 4 is 8.53 Å². The highest BCUT2D eigenvalue weighted by molar-refractivity contribution is 7.44. The number of nitriles is 1. The normalized spacial score (nSPS) is 22.7. The van der Waals surface area contributed by atoms with Crippen LogP contribution in [-0.4, -0.2) is 45.1 Å². The summed E-state index contributed by atoms with van der Waals surface area (Å²) in [6, 6.07) is 2.49. The number of aryl methyl sites for hydroxylation is 1. The third-order valence-corrected chi connectivity index (χ3v) is 7.08. The summed E-state index contributed by atoms with van der Waals surface area (Å²) in [6.07, 6.45) is 2.00. The first-order valence-corrected chi connectivity index (χ1v) is 11.5. The molecule has 1 aromatic heterocycles. The second-order valence-electron chi connectivity index (χ2n) is 7.94. The van der Waals surface area contributed by atoms with Crippen LogP contribution >= 0.6 is 8.53 Å². The molecule has 0 bridgehead atoms. The van der Waals surface area contributed by atoms with Crippen LogP contribution in [0.5, 0.6) is 0 Å². The van der Waals surface area contributed by atoms with Crippen LogP contribution in [0.2, 0.25) is 0 Å². The molecule has 0 radical (unpaired) electrons. The second-order valence-corrected chi connectivity index (χ2v) is 9.35. The van der Waals surface area contributed by atoms with E-state index in [-0.39, 0.29) is 24.3 Å². The van der Waals surface area contributed by atoms with Crippen molar-refractivity contribution < 1.29 is 13.8 Å². The third-order valence-electron chi connectivity index (χ3n) is 4.93. The van der Waals surface area contributed by atoms with Gasteiger partial charge in [0.2, 0.25) is 0 Å². The number of aromatic amines is 1. The lowest BCUT2D eigenvalue weighted by Crippen LogP contribution is -2.35. The molecule has 1 fully saturated rings. The number of hydrogen-bond acceptors (Lipinski definition) is 7. The van der Waals surface area contributed by atoms with Gasteiger partial charge < -0.3 is 13.8 Å². The Bertz CT molecular complexity index is 839. The zero-order valence-corrected chi connectivity index (χ0v) is 19.5. The van der Waals surface area contributed by atoms with Gasteiger partial charge in [-0.1, -0.05) is 6.92 Å². The molecule has 30 heavy (non-hydrogen) atoms. The van der Waals surface area contributed by atoms with E-state index in [1.165, 1.54) is 10.8 Å². The highest BCUT2D eigenvalue weighted by atomic mass is 31.2. The van der Waals surface area contributed by atoms with Gasteiger partial charge in [-0.3, -0.25) is 14.3 Å². The Balaban J connectivity index is 2.24. The SMILES string of the molecule is CC[C@@H]1O[C@@H](n2cc(C)c(=O)[nH]c2=O)C[C@@H]1OP(OCCC#N)N(C(C)C)C(C)C. The molecule has 0 saturated carbocycles. The largest absolute Gasteiger partial charge is 0.352 e. The van der Waals surface area contributed by atoms with Crippen LogP contribution in [-0.2, 0) is 13.8 Å². The minimum absolute atomic E-state index is 0.195. The van der Waals surface area contributed by atoms with Gasteiger partial charge in [-0.25, -0.2) is 9.46 Å². The molecule has 4 atom stereocenters. The molecule has 1 N–H and O–H groups in total. The van der Waals surface area contributed by atoms with Crippen molar-refractivity contribution in [1.82, 2.24) is 14.2 Å². The van der Waals surface area contributed by atoms with E-state index < -0.39 is 26.0 Å². The summed E-state index contributed by atoms with van der Waals surface area (Å²) in [6.45, 7) is 12.3. The quantitative estimate of drug-likeness (QED) is 0.439. The predicted molar refractivity (Wildman–Crippen MR) is 115 cm³/mol. The molecule has 0 aliphatic carbocycles. The van der Waals surface area contributed by atoms with Gasteiger partial charge in [-0.2, -0.15) is 5.26 Å². The summed E-state index contributed by atoms with van der Waals surface area (Å²) in [7, 11) is -1.41. The van der Waals surface area contributed by atoms with Gasteiger partial charge in [-0.15, -0.1) is 0 Å². The fourth-order valence-electron chi connectivity index (χ4n) is 3.55. The van der Waals surface area contributed by atoms with Crippen LogP contribution in [0.15, 0.2) is 15.8 Å². The van der Waals surface area contributed by atoms with Crippen LogP contribution in [0, 0.1) is 18.3 Å². The molecular weight excluding hydrogens is 407 g/mol. The Hall–Kier alpha value is -1.56. The molecule has 0 amide bonds. The number of rotatable bonds is 10. The molecule has 0 spiro atoms. The second kappa shape index (κ2) is 11.2. The average molecular weight is 440 g/mol. The predicted octanol–water partition coefficient (Wildman–Crippen LogP) is 3.20. The highest BCUT2D eigenvalue weighted by Gasteiger charge is 2.40. The standard InChI is InChI=1S/C20H33N4O5P/c1-7-16-17(11-18(28-16)23-12-15(6)19(25)22-20(23)26)29-30(27-10-8-9-21)24(13(2)3)14(4)5/h12-14,16-18H,7-8,10-11H2,1-6H3,(H,22,25,26)/t16-,17-,18+,30?/m0/s1. The Morgan fingerprint density at radius 1 is 1.37 bits per heavy atom. The Kier molecular flexibility index (Phi) is 9.20. The van der Waals surface area contributed by atoms with Gasteiger partial charge in [-0.05, 0) is 41.0 Å². The van der Waals surface area contributed by atoms with E-state index in [4.69, 9.17) is 19.0 Å². The maximum absolute atomic E-state index is 12.3. The lowest BCUT2D eigenvalue weighted by molar-refractivity contribution is -0.0202. The monoisotopic (exact) mass is 440 g/mol. The van der Waals surface area contributed by atoms with Crippen molar-refractivity contribution in [3.63, 3.8) is 0 Å². The molecule has 0 aromatic carbocycles. The van der Waals surface area contributed by atoms with E-state index >= 15 is 0 Å². The Morgan fingerprint density at radius 2 is 2.03 bits per heavy atom. The van der Waals surface area contributed by atoms with Crippen LogP contribution < -0.4 is 11.2 Å². The fraction of sp³-hybridized carbons (Fsp3) is 0.750. The Labute approximate surface area is 178 Å². The number of nitrogens with zero attached hydrogens (tertiary/aromatic N) is 3. The highest BCUT2D eigenvalue weighted by Crippen LogP contribution is 2.50. The van der Waals surface area contributed by atoms with Crippen LogP contribution in [0.1, 0.15) is 65.7 Å². The van der Waals surface area contributed by atoms with Gasteiger partial charge in [0.1, 0.15) is 6.23 Å². The maximum atomic E-state index is 12.3. The number of aromatic nitrogens is 2. The molecule has 2 heterocycles. The van der Waals surface area contributed by atoms with E-state index in [1.54, 1.807) is 6.92 Å². The zero-order chi connectivity index (χ0) is 22.4. The summed E-state index contributed by atoms with van der Waals surface area (Å²) >= 11 is 0. The number of hydrogen-bond donors (Lipinski definition) is 1. The van der Waals surface area contributed by atoms with Gasteiger partial charge >= 0.3 is 5.69 Å². The maximum Gasteiger partial charge on any atom is 0.330 e. The lowest BCUT2D eigenvalue weighted by Gasteiger charge is -2.37. The van der Waals surface area contributed by atoms with E-state index in [2.05, 4.69) is 43.4 Å². The molecular formula is C20H33N4O5P. The van der Waals surface area contributed by atoms with Crippen molar-refractivity contribution in [2.24, 2.45) is 0 Å². The van der Waals surface area contributed by atoms with Gasteiger partial charge in [0.15, 0.2) is 0 Å². The van der Waals surface area contributed by atoms with Crippen molar-refractivity contribution in [3.8, 4) is 6.07 Å². The van der Waals surface area contributed by atoms with E-state index in [1.807, 2.05) is 6.92 Å². The number of ether oxygens (including phenoxy) is 1. The molecule has 2 rings (SSSR count). The van der Waals surface area contributed by atoms with Gasteiger partial charge in [0.05, 0.1) is 31.3 Å². The zero-order valence-electron chi connectivity index (χ0n) is 18.6. The summed E-state index contributed by atoms with van der Waals surface area (Å²) in [5.74, 6) is 0. The average Bonchev–Trinajstić information content (AvgIpc) is 3.06. The Morgan fingerprint density at radius 3 is 2.60 bits per heavy atom. The molecule has 1 saturated heterocycles. The topological polar surface area (TPSA) is 110 Å². The van der Waals surface area contributed by atoms with Gasteiger partial charge in [0.25, 0.3) is 14.1 Å². The molecule has 1 aliphatic rings. The van der Waals surface area contributed by atoms with E-state index in [0.717, 1.165) is 0 Å². The third kappa shape index (κ3) is 5.99. The summed E-state index contributed by atoms with van der Waals surface area (Å²) in [5.41, 5.74) is -0.443. The first-order valence-electron chi connectivity index (χ1n) is 10.4. The summed E-state index contributed by atoms with van der Waals surface area (Å²) in [5, 5.41) is 8.87. The van der Waals surface area contributed by atoms with Crippen molar-refractivity contribution in [2.75, 3.05) is 6.61 Å². The molecule has 10 heteroatoms. The van der Waals surface area contributed by atoms with Gasteiger partial charge in [0, 0.05) is 30.3 Å². The smallest absolute Gasteiger partial charge is 0.330 e. The summed E-state index contributed by atoms with van der Waals surface area (Å²) in [4.78, 5) is 26.3. The molecule has 9 nitrogen and oxygen atoms in total. The minimum atomic E-state index is -1.41. The summed E-state index contributed by atoms with van der Waals surface area (Å²) < 4.78 is 22.1. The molecule has 1 aliphatic heterocycles. The first kappa shape index (κ1) is 24.7. The lowest BCUT2D eigenvalue weighted by atomic mass is 10.1. The molecule has 1 unspecified atom stereocenters. The van der Waals surface area contributed by atoms with Crippen molar-refractivity contribution in [2.45, 2.75) is 91.3 Å².